The number of amides is 1. The SMILES string of the molecule is CCCCNc1ncnc(NNC(=O)c2ccncc2)c1[N+](=O)[O-]. The maximum absolute atomic E-state index is 12.0. The second kappa shape index (κ2) is 8.36. The third-order valence-electron chi connectivity index (χ3n) is 3.06. The molecule has 0 aliphatic heterocycles. The molecule has 0 saturated carbocycles. The van der Waals surface area contributed by atoms with Gasteiger partial charge in [-0.3, -0.25) is 30.7 Å². The lowest BCUT2D eigenvalue weighted by molar-refractivity contribution is -0.383. The van der Waals surface area contributed by atoms with Gasteiger partial charge in [-0.2, -0.15) is 0 Å². The van der Waals surface area contributed by atoms with Crippen molar-refractivity contribution in [1.29, 1.82) is 0 Å². The fourth-order valence-corrected chi connectivity index (χ4v) is 1.85. The van der Waals surface area contributed by atoms with Crippen molar-refractivity contribution in [2.24, 2.45) is 0 Å². The standard InChI is InChI=1S/C14H17N7O3/c1-2-3-6-16-12-11(21(23)24)13(18-9-17-12)19-20-14(22)10-4-7-15-8-5-10/h4-5,7-9H,2-3,6H2,1H3,(H,20,22)(H2,16,17,18,19). The van der Waals surface area contributed by atoms with Crippen molar-refractivity contribution >= 4 is 23.2 Å². The summed E-state index contributed by atoms with van der Waals surface area (Å²) in [5.41, 5.74) is 4.86. The molecule has 0 saturated heterocycles. The van der Waals surface area contributed by atoms with Gasteiger partial charge < -0.3 is 5.32 Å². The van der Waals surface area contributed by atoms with Crippen LogP contribution in [-0.4, -0.2) is 32.3 Å². The van der Waals surface area contributed by atoms with Gasteiger partial charge in [0.25, 0.3) is 5.91 Å². The molecule has 126 valence electrons. The van der Waals surface area contributed by atoms with Crippen LogP contribution in [0.2, 0.25) is 0 Å². The minimum Gasteiger partial charge on any atom is -0.364 e. The zero-order valence-corrected chi connectivity index (χ0v) is 13.0. The third kappa shape index (κ3) is 4.35. The molecule has 1 amide bonds. The second-order valence-electron chi connectivity index (χ2n) is 4.77. The average molecular weight is 331 g/mol. The number of nitrogens with one attached hydrogen (secondary N) is 3. The zero-order chi connectivity index (χ0) is 17.4. The topological polar surface area (TPSA) is 135 Å². The minimum absolute atomic E-state index is 0.101. The van der Waals surface area contributed by atoms with Crippen LogP contribution in [0, 0.1) is 10.1 Å². The van der Waals surface area contributed by atoms with Gasteiger partial charge in [-0.25, -0.2) is 9.97 Å². The highest BCUT2D eigenvalue weighted by Gasteiger charge is 2.23. The highest BCUT2D eigenvalue weighted by molar-refractivity contribution is 5.94. The van der Waals surface area contributed by atoms with Gasteiger partial charge in [0.1, 0.15) is 6.33 Å². The van der Waals surface area contributed by atoms with E-state index in [4.69, 9.17) is 0 Å². The number of aromatic nitrogens is 3. The number of anilines is 2. The van der Waals surface area contributed by atoms with Crippen molar-refractivity contribution in [3.05, 3.63) is 46.5 Å². The van der Waals surface area contributed by atoms with E-state index in [1.165, 1.54) is 30.9 Å². The number of hydrogen-bond acceptors (Lipinski definition) is 8. The summed E-state index contributed by atoms with van der Waals surface area (Å²) in [5.74, 6) is -0.466. The Morgan fingerprint density at radius 1 is 1.25 bits per heavy atom. The van der Waals surface area contributed by atoms with Gasteiger partial charge in [0.15, 0.2) is 0 Å². The van der Waals surface area contributed by atoms with Crippen LogP contribution in [0.3, 0.4) is 0 Å². The number of carbonyl (C=O) groups excluding carboxylic acids is 1. The first-order chi connectivity index (χ1) is 11.6. The van der Waals surface area contributed by atoms with Crippen LogP contribution in [0.15, 0.2) is 30.9 Å². The Hall–Kier alpha value is -3.30. The first-order valence-electron chi connectivity index (χ1n) is 7.33. The lowest BCUT2D eigenvalue weighted by Gasteiger charge is -2.10. The number of nitro groups is 1. The highest BCUT2D eigenvalue weighted by Crippen LogP contribution is 2.28. The molecule has 0 fully saturated rings. The Bertz CT molecular complexity index is 709. The summed E-state index contributed by atoms with van der Waals surface area (Å²) in [6.45, 7) is 2.56. The monoisotopic (exact) mass is 331 g/mol. The van der Waals surface area contributed by atoms with E-state index in [1.807, 2.05) is 6.92 Å². The third-order valence-corrected chi connectivity index (χ3v) is 3.06. The molecule has 0 atom stereocenters. The van der Waals surface area contributed by atoms with E-state index >= 15 is 0 Å². The normalized spacial score (nSPS) is 10.0. The van der Waals surface area contributed by atoms with E-state index in [2.05, 4.69) is 31.1 Å². The average Bonchev–Trinajstić information content (AvgIpc) is 2.60. The quantitative estimate of drug-likeness (QED) is 0.378. The van der Waals surface area contributed by atoms with Crippen LogP contribution in [0.1, 0.15) is 30.1 Å². The molecule has 24 heavy (non-hydrogen) atoms. The Labute approximate surface area is 137 Å². The second-order valence-corrected chi connectivity index (χ2v) is 4.77. The number of hydrogen-bond donors (Lipinski definition) is 3. The van der Waals surface area contributed by atoms with E-state index in [0.717, 1.165) is 12.8 Å². The summed E-state index contributed by atoms with van der Waals surface area (Å²) in [7, 11) is 0. The highest BCUT2D eigenvalue weighted by atomic mass is 16.6. The minimum atomic E-state index is -0.602. The molecule has 0 aromatic carbocycles. The van der Waals surface area contributed by atoms with Crippen LogP contribution in [-0.2, 0) is 0 Å². The number of nitrogens with zero attached hydrogens (tertiary/aromatic N) is 4. The van der Waals surface area contributed by atoms with Crippen LogP contribution in [0.5, 0.6) is 0 Å². The zero-order valence-electron chi connectivity index (χ0n) is 13.0. The van der Waals surface area contributed by atoms with Crippen molar-refractivity contribution < 1.29 is 9.72 Å². The predicted molar refractivity (Wildman–Crippen MR) is 87.4 cm³/mol. The fraction of sp³-hybridized carbons (Fsp3) is 0.286. The van der Waals surface area contributed by atoms with Gasteiger partial charge in [0.05, 0.1) is 4.92 Å². The Kier molecular flexibility index (Phi) is 5.95. The molecule has 0 radical (unpaired) electrons. The van der Waals surface area contributed by atoms with E-state index in [1.54, 1.807) is 0 Å². The van der Waals surface area contributed by atoms with Crippen LogP contribution >= 0.6 is 0 Å². The van der Waals surface area contributed by atoms with E-state index in [0.29, 0.717) is 12.1 Å². The maximum Gasteiger partial charge on any atom is 0.354 e. The first-order valence-corrected chi connectivity index (χ1v) is 7.33. The number of carbonyl (C=O) groups is 1. The van der Waals surface area contributed by atoms with Gasteiger partial charge in [0, 0.05) is 24.5 Å². The van der Waals surface area contributed by atoms with E-state index in [9.17, 15) is 14.9 Å². The van der Waals surface area contributed by atoms with Crippen LogP contribution in [0.25, 0.3) is 0 Å². The molecule has 10 nitrogen and oxygen atoms in total. The Morgan fingerprint density at radius 2 is 1.96 bits per heavy atom. The summed E-state index contributed by atoms with van der Waals surface area (Å²) in [6.07, 6.45) is 5.92. The predicted octanol–water partition coefficient (Wildman–Crippen LogP) is 1.75. The number of rotatable bonds is 8. The van der Waals surface area contributed by atoms with Crippen molar-refractivity contribution in [2.75, 3.05) is 17.3 Å². The molecule has 2 rings (SSSR count). The molecule has 2 aromatic rings. The van der Waals surface area contributed by atoms with Crippen molar-refractivity contribution in [3.63, 3.8) is 0 Å². The lowest BCUT2D eigenvalue weighted by Crippen LogP contribution is -2.30. The van der Waals surface area contributed by atoms with E-state index < -0.39 is 10.8 Å². The molecule has 2 heterocycles. The molecule has 3 N–H and O–H groups in total. The molecular weight excluding hydrogens is 314 g/mol. The van der Waals surface area contributed by atoms with Crippen molar-refractivity contribution in [3.8, 4) is 0 Å². The summed E-state index contributed by atoms with van der Waals surface area (Å²) < 4.78 is 0. The molecule has 2 aromatic heterocycles. The van der Waals surface area contributed by atoms with Gasteiger partial charge in [-0.05, 0) is 18.6 Å². The van der Waals surface area contributed by atoms with Gasteiger partial charge in [-0.15, -0.1) is 0 Å². The van der Waals surface area contributed by atoms with E-state index in [-0.39, 0.29) is 17.3 Å². The van der Waals surface area contributed by atoms with Crippen LogP contribution in [0.4, 0.5) is 17.3 Å². The fourth-order valence-electron chi connectivity index (χ4n) is 1.85. The maximum atomic E-state index is 12.0. The van der Waals surface area contributed by atoms with Crippen molar-refractivity contribution in [1.82, 2.24) is 20.4 Å². The van der Waals surface area contributed by atoms with Crippen LogP contribution < -0.4 is 16.2 Å². The largest absolute Gasteiger partial charge is 0.364 e. The first kappa shape index (κ1) is 17.1. The molecule has 0 unspecified atom stereocenters. The van der Waals surface area contributed by atoms with Crippen molar-refractivity contribution in [2.45, 2.75) is 19.8 Å². The molecule has 0 aliphatic rings. The molecule has 0 aliphatic carbocycles. The summed E-state index contributed by atoms with van der Waals surface area (Å²) in [5, 5.41) is 14.2. The molecule has 0 spiro atoms. The summed E-state index contributed by atoms with van der Waals surface area (Å²) in [6, 6.07) is 3.03. The summed E-state index contributed by atoms with van der Waals surface area (Å²) >= 11 is 0. The Balaban J connectivity index is 2.13. The number of hydrazine groups is 1. The smallest absolute Gasteiger partial charge is 0.354 e. The van der Waals surface area contributed by atoms with Gasteiger partial charge in [0.2, 0.25) is 11.6 Å². The number of unbranched alkanes of at least 4 members (excludes halogenated alkanes) is 1. The molecule has 0 bridgehead atoms. The van der Waals surface area contributed by atoms with Gasteiger partial charge >= 0.3 is 5.69 Å². The Morgan fingerprint density at radius 3 is 2.62 bits per heavy atom. The summed E-state index contributed by atoms with van der Waals surface area (Å²) in [4.78, 5) is 34.2. The van der Waals surface area contributed by atoms with Gasteiger partial charge in [-0.1, -0.05) is 13.3 Å². The number of pyridine rings is 1. The lowest BCUT2D eigenvalue weighted by atomic mass is 10.3. The molecule has 10 heteroatoms. The molecular formula is C14H17N7O3.